The van der Waals surface area contributed by atoms with Crippen LogP contribution in [-0.2, 0) is 30.3 Å². The maximum atomic E-state index is 13.0. The third-order valence-corrected chi connectivity index (χ3v) is 7.37. The smallest absolute Gasteiger partial charge is 0.336 e. The van der Waals surface area contributed by atoms with E-state index in [4.69, 9.17) is 9.47 Å². The first kappa shape index (κ1) is 32.5. The van der Waals surface area contributed by atoms with Crippen LogP contribution < -0.4 is 0 Å². The molecule has 0 saturated heterocycles. The molecule has 1 aliphatic rings. The number of benzene rings is 3. The lowest BCUT2D eigenvalue weighted by Crippen LogP contribution is -2.71. The van der Waals surface area contributed by atoms with Crippen molar-refractivity contribution >= 4 is 30.1 Å². The number of phenolic OH excluding ortho intramolecular Hbond substituents is 4. The van der Waals surface area contributed by atoms with Crippen molar-refractivity contribution in [2.75, 3.05) is 0 Å². The summed E-state index contributed by atoms with van der Waals surface area (Å²) < 4.78 is 10.7. The number of hydrogen-bond donors (Lipinski definition) is 8. The molecule has 1 fully saturated rings. The Labute approximate surface area is 255 Å². The van der Waals surface area contributed by atoms with Gasteiger partial charge in [-0.25, -0.2) is 14.4 Å². The monoisotopic (exact) mass is 622 g/mol. The van der Waals surface area contributed by atoms with Crippen LogP contribution >= 0.6 is 0 Å². The number of rotatable bonds is 9. The zero-order chi connectivity index (χ0) is 32.9. The van der Waals surface area contributed by atoms with E-state index in [1.54, 1.807) is 30.3 Å². The third-order valence-electron chi connectivity index (χ3n) is 7.37. The molecule has 0 unspecified atom stereocenters. The Morgan fingerprint density at radius 2 is 1.31 bits per heavy atom. The van der Waals surface area contributed by atoms with Gasteiger partial charge in [0.1, 0.15) is 6.10 Å². The van der Waals surface area contributed by atoms with Crippen molar-refractivity contribution in [3.05, 3.63) is 95.6 Å². The molecule has 0 aromatic heterocycles. The molecule has 3 aromatic rings. The number of aliphatic hydroxyl groups excluding tert-OH is 1. The molecule has 0 heterocycles. The van der Waals surface area contributed by atoms with Gasteiger partial charge in [-0.05, 0) is 59.5 Å². The maximum absolute atomic E-state index is 13.0. The number of phenols is 4. The minimum absolute atomic E-state index is 0.231. The number of carbonyl (C=O) groups is 3. The van der Waals surface area contributed by atoms with Crippen LogP contribution in [0.2, 0.25) is 0 Å². The third kappa shape index (κ3) is 7.24. The van der Waals surface area contributed by atoms with Crippen molar-refractivity contribution < 1.29 is 64.7 Å². The van der Waals surface area contributed by atoms with Gasteiger partial charge in [-0.15, -0.1) is 0 Å². The fourth-order valence-corrected chi connectivity index (χ4v) is 4.98. The lowest BCUT2D eigenvalue weighted by molar-refractivity contribution is -0.330. The average Bonchev–Trinajstić information content (AvgIpc) is 2.99. The molecule has 3 aromatic carbocycles. The summed E-state index contributed by atoms with van der Waals surface area (Å²) in [5.74, 6) is -10.8. The van der Waals surface area contributed by atoms with Crippen LogP contribution in [0.3, 0.4) is 0 Å². The number of carbonyl (C=O) groups excluding carboxylic acids is 2. The van der Waals surface area contributed by atoms with E-state index in [1.165, 1.54) is 12.1 Å². The quantitative estimate of drug-likeness (QED) is 0.0737. The van der Waals surface area contributed by atoms with E-state index in [0.717, 1.165) is 48.6 Å². The van der Waals surface area contributed by atoms with Gasteiger partial charge < -0.3 is 50.3 Å². The molecule has 13 nitrogen and oxygen atoms in total. The molecule has 4 rings (SSSR count). The molecule has 0 bridgehead atoms. The number of aliphatic hydroxyl groups is 3. The Kier molecular flexibility index (Phi) is 9.47. The Bertz CT molecular complexity index is 1630. The predicted molar refractivity (Wildman–Crippen MR) is 155 cm³/mol. The summed E-state index contributed by atoms with van der Waals surface area (Å²) in [5, 5.41) is 82.3. The first-order valence-electron chi connectivity index (χ1n) is 13.5. The van der Waals surface area contributed by atoms with Gasteiger partial charge in [0, 0.05) is 24.5 Å². The van der Waals surface area contributed by atoms with Gasteiger partial charge in [-0.1, -0.05) is 42.5 Å². The second kappa shape index (κ2) is 13.1. The molecule has 45 heavy (non-hydrogen) atoms. The van der Waals surface area contributed by atoms with E-state index in [9.17, 15) is 55.2 Å². The fraction of sp³-hybridized carbons (Fsp3) is 0.219. The molecule has 8 N–H and O–H groups in total. The highest BCUT2D eigenvalue weighted by Gasteiger charge is 2.66. The minimum Gasteiger partial charge on any atom is -0.504 e. The van der Waals surface area contributed by atoms with Crippen molar-refractivity contribution in [3.63, 3.8) is 0 Å². The van der Waals surface area contributed by atoms with Gasteiger partial charge in [0.05, 0.1) is 0 Å². The largest absolute Gasteiger partial charge is 0.504 e. The number of carboxylic acids is 1. The van der Waals surface area contributed by atoms with Crippen LogP contribution in [0.4, 0.5) is 0 Å². The molecular weight excluding hydrogens is 592 g/mol. The van der Waals surface area contributed by atoms with Crippen LogP contribution in [0.25, 0.3) is 12.2 Å². The standard InChI is InChI=1S/C32H30O13/c33-22-10-6-19(15-24(22)35)8-12-27(38)44-29-21(14-18-4-2-1-3-5-18)31(42,30(40)41)17-26(37)32(29,43)45-28(39)13-9-20-7-11-23(34)25(36)16-20/h1-13,15-16,21,26,29,33-37,42-43H,14,17H2,(H,40,41)/t21-,26+,29+,31+,32-/m0/s1. The number of aromatic hydroxyl groups is 4. The van der Waals surface area contributed by atoms with E-state index >= 15 is 0 Å². The van der Waals surface area contributed by atoms with Crippen LogP contribution in [0, 0.1) is 5.92 Å². The molecule has 0 radical (unpaired) electrons. The van der Waals surface area contributed by atoms with Gasteiger partial charge >= 0.3 is 17.9 Å². The number of ether oxygens (including phenoxy) is 2. The molecule has 13 heteroatoms. The molecular formula is C32H30O13. The summed E-state index contributed by atoms with van der Waals surface area (Å²) in [5.41, 5.74) is -1.85. The summed E-state index contributed by atoms with van der Waals surface area (Å²) in [6, 6.07) is 15.4. The minimum atomic E-state index is -3.07. The highest BCUT2D eigenvalue weighted by atomic mass is 16.7. The molecule has 1 aliphatic carbocycles. The lowest BCUT2D eigenvalue weighted by Gasteiger charge is -2.50. The summed E-state index contributed by atoms with van der Waals surface area (Å²) >= 11 is 0. The number of aliphatic carboxylic acids is 1. The molecule has 1 saturated carbocycles. The topological polar surface area (TPSA) is 232 Å². The van der Waals surface area contributed by atoms with Gasteiger partial charge in [-0.3, -0.25) is 0 Å². The molecule has 0 amide bonds. The number of carboxylic acid groups (broad SMARTS) is 1. The normalized spacial score (nSPS) is 24.8. The van der Waals surface area contributed by atoms with Gasteiger partial charge in [-0.2, -0.15) is 0 Å². The zero-order valence-electron chi connectivity index (χ0n) is 23.4. The molecule has 0 spiro atoms. The van der Waals surface area contributed by atoms with Gasteiger partial charge in [0.25, 0.3) is 5.79 Å². The van der Waals surface area contributed by atoms with E-state index in [-0.39, 0.29) is 17.5 Å². The second-order valence-corrected chi connectivity index (χ2v) is 10.4. The lowest BCUT2D eigenvalue weighted by atomic mass is 9.67. The Morgan fingerprint density at radius 3 is 1.82 bits per heavy atom. The van der Waals surface area contributed by atoms with Crippen LogP contribution in [0.15, 0.2) is 78.9 Å². The van der Waals surface area contributed by atoms with Gasteiger partial charge in [0.15, 0.2) is 34.7 Å². The molecule has 236 valence electrons. The van der Waals surface area contributed by atoms with Crippen LogP contribution in [-0.4, -0.2) is 82.4 Å². The van der Waals surface area contributed by atoms with Crippen molar-refractivity contribution in [2.24, 2.45) is 5.92 Å². The Hall–Kier alpha value is -5.37. The van der Waals surface area contributed by atoms with E-state index in [2.05, 4.69) is 0 Å². The Morgan fingerprint density at radius 1 is 0.778 bits per heavy atom. The number of esters is 2. The Balaban J connectivity index is 1.71. The van der Waals surface area contributed by atoms with E-state index in [1.807, 2.05) is 0 Å². The van der Waals surface area contributed by atoms with Crippen LogP contribution in [0.5, 0.6) is 23.0 Å². The second-order valence-electron chi connectivity index (χ2n) is 10.4. The van der Waals surface area contributed by atoms with E-state index < -0.39 is 76.8 Å². The van der Waals surface area contributed by atoms with Crippen molar-refractivity contribution in [1.82, 2.24) is 0 Å². The number of hydrogen-bond acceptors (Lipinski definition) is 12. The first-order chi connectivity index (χ1) is 21.2. The predicted octanol–water partition coefficient (Wildman–Crippen LogP) is 1.82. The highest BCUT2D eigenvalue weighted by molar-refractivity contribution is 5.89. The SMILES string of the molecule is O=C(C=Cc1ccc(O)c(O)c1)O[C@@H]1[C@H](Cc2ccccc2)[C@@](O)(C(=O)O)C[C@@H](O)[C@]1(O)OC(=O)C=Cc1ccc(O)c(O)c1. The van der Waals surface area contributed by atoms with Crippen molar-refractivity contribution in [1.29, 1.82) is 0 Å². The summed E-state index contributed by atoms with van der Waals surface area (Å²) in [6.07, 6.45) is -1.80. The van der Waals surface area contributed by atoms with Crippen molar-refractivity contribution in [2.45, 2.75) is 36.4 Å². The van der Waals surface area contributed by atoms with E-state index in [0.29, 0.717) is 5.56 Å². The molecule has 0 aliphatic heterocycles. The van der Waals surface area contributed by atoms with Crippen molar-refractivity contribution in [3.8, 4) is 23.0 Å². The fourth-order valence-electron chi connectivity index (χ4n) is 4.98. The summed E-state index contributed by atoms with van der Waals surface area (Å²) in [6.45, 7) is 0. The zero-order valence-corrected chi connectivity index (χ0v) is 23.4. The first-order valence-corrected chi connectivity index (χ1v) is 13.5. The highest BCUT2D eigenvalue weighted by Crippen LogP contribution is 2.44. The van der Waals surface area contributed by atoms with Crippen LogP contribution in [0.1, 0.15) is 23.1 Å². The molecule has 5 atom stereocenters. The summed E-state index contributed by atoms with van der Waals surface area (Å²) in [7, 11) is 0. The average molecular weight is 623 g/mol. The summed E-state index contributed by atoms with van der Waals surface area (Å²) in [4.78, 5) is 38.3. The maximum Gasteiger partial charge on any atom is 0.336 e. The van der Waals surface area contributed by atoms with Gasteiger partial charge in [0.2, 0.25) is 0 Å².